The fourth-order valence-electron chi connectivity index (χ4n) is 2.06. The van der Waals surface area contributed by atoms with Crippen molar-refractivity contribution in [2.24, 2.45) is 0 Å². The van der Waals surface area contributed by atoms with Gasteiger partial charge in [0.25, 0.3) is 11.2 Å². The van der Waals surface area contributed by atoms with Crippen LogP contribution in [0.15, 0.2) is 35.3 Å². The van der Waals surface area contributed by atoms with E-state index >= 15 is 0 Å². The highest BCUT2D eigenvalue weighted by atomic mass is 16.6. The Morgan fingerprint density at radius 2 is 1.77 bits per heavy atom. The molecule has 0 unspecified atom stereocenters. The summed E-state index contributed by atoms with van der Waals surface area (Å²) in [6, 6.07) is 5.71. The van der Waals surface area contributed by atoms with Gasteiger partial charge in [-0.25, -0.2) is 0 Å². The van der Waals surface area contributed by atoms with Gasteiger partial charge in [-0.15, -0.1) is 0 Å². The zero-order valence-electron chi connectivity index (χ0n) is 11.5. The standard InChI is InChI=1S/C14H14N2O6/c17-6-5-15-8-10(12(18)13(19)14(15)20)7-9-1-3-11(4-2-9)16(21)22/h1-4,8,17-19H,5-7H2. The Bertz CT molecular complexity index is 751. The Hall–Kier alpha value is -2.87. The summed E-state index contributed by atoms with van der Waals surface area (Å²) in [4.78, 5) is 21.7. The maximum Gasteiger partial charge on any atom is 0.296 e. The molecular weight excluding hydrogens is 292 g/mol. The van der Waals surface area contributed by atoms with Crippen LogP contribution in [0.25, 0.3) is 0 Å². The minimum Gasteiger partial charge on any atom is -0.504 e. The van der Waals surface area contributed by atoms with Crippen LogP contribution in [0.5, 0.6) is 11.5 Å². The molecule has 0 aliphatic rings. The quantitative estimate of drug-likeness (QED) is 0.553. The van der Waals surface area contributed by atoms with E-state index < -0.39 is 22.0 Å². The Labute approximate surface area is 124 Å². The molecule has 0 spiro atoms. The first-order chi connectivity index (χ1) is 10.4. The van der Waals surface area contributed by atoms with Crippen molar-refractivity contribution in [1.82, 2.24) is 4.57 Å². The van der Waals surface area contributed by atoms with Crippen LogP contribution >= 0.6 is 0 Å². The molecule has 1 aromatic heterocycles. The number of aromatic nitrogens is 1. The summed E-state index contributed by atoms with van der Waals surface area (Å²) in [5.41, 5.74) is 0.0916. The molecule has 0 amide bonds. The van der Waals surface area contributed by atoms with Gasteiger partial charge in [-0.05, 0) is 5.56 Å². The van der Waals surface area contributed by atoms with Gasteiger partial charge in [-0.3, -0.25) is 14.9 Å². The number of non-ortho nitro benzene ring substituents is 1. The second-order valence-electron chi connectivity index (χ2n) is 4.67. The molecule has 8 heteroatoms. The number of aliphatic hydroxyl groups is 1. The summed E-state index contributed by atoms with van der Waals surface area (Å²) in [5, 5.41) is 39.0. The van der Waals surface area contributed by atoms with Crippen LogP contribution in [-0.2, 0) is 13.0 Å². The molecule has 1 heterocycles. The van der Waals surface area contributed by atoms with Gasteiger partial charge in [0.05, 0.1) is 11.5 Å². The highest BCUT2D eigenvalue weighted by Crippen LogP contribution is 2.27. The average molecular weight is 306 g/mol. The third-order valence-electron chi connectivity index (χ3n) is 3.19. The van der Waals surface area contributed by atoms with Gasteiger partial charge in [0, 0.05) is 36.9 Å². The van der Waals surface area contributed by atoms with Gasteiger partial charge in [-0.2, -0.15) is 0 Å². The Morgan fingerprint density at radius 1 is 1.14 bits per heavy atom. The molecule has 3 N–H and O–H groups in total. The van der Waals surface area contributed by atoms with E-state index in [1.165, 1.54) is 30.5 Å². The summed E-state index contributed by atoms with van der Waals surface area (Å²) < 4.78 is 1.09. The fraction of sp³-hybridized carbons (Fsp3) is 0.214. The van der Waals surface area contributed by atoms with Gasteiger partial charge in [0.1, 0.15) is 0 Å². The number of aromatic hydroxyl groups is 2. The molecular formula is C14H14N2O6. The smallest absolute Gasteiger partial charge is 0.296 e. The summed E-state index contributed by atoms with van der Waals surface area (Å²) in [5.74, 6) is -1.31. The maximum absolute atomic E-state index is 11.7. The van der Waals surface area contributed by atoms with Crippen molar-refractivity contribution in [1.29, 1.82) is 0 Å². The first-order valence-corrected chi connectivity index (χ1v) is 6.42. The van der Waals surface area contributed by atoms with Crippen molar-refractivity contribution in [3.63, 3.8) is 0 Å². The molecule has 2 aromatic rings. The number of nitro groups is 1. The molecule has 0 aliphatic carbocycles. The van der Waals surface area contributed by atoms with Crippen molar-refractivity contribution in [3.8, 4) is 11.5 Å². The third-order valence-corrected chi connectivity index (χ3v) is 3.19. The van der Waals surface area contributed by atoms with Crippen LogP contribution in [0.3, 0.4) is 0 Å². The summed E-state index contributed by atoms with van der Waals surface area (Å²) in [6.07, 6.45) is 1.51. The zero-order chi connectivity index (χ0) is 16.3. The monoisotopic (exact) mass is 306 g/mol. The lowest BCUT2D eigenvalue weighted by Gasteiger charge is -2.11. The topological polar surface area (TPSA) is 126 Å². The Balaban J connectivity index is 2.36. The number of hydrogen-bond donors (Lipinski definition) is 3. The van der Waals surface area contributed by atoms with E-state index in [1.54, 1.807) is 0 Å². The summed E-state index contributed by atoms with van der Waals surface area (Å²) in [7, 11) is 0. The molecule has 8 nitrogen and oxygen atoms in total. The number of pyridine rings is 1. The highest BCUT2D eigenvalue weighted by molar-refractivity contribution is 5.45. The largest absolute Gasteiger partial charge is 0.504 e. The minimum atomic E-state index is -0.793. The first-order valence-electron chi connectivity index (χ1n) is 6.42. The Kier molecular flexibility index (Phi) is 4.42. The maximum atomic E-state index is 11.7. The number of aliphatic hydroxyl groups excluding tert-OH is 1. The lowest BCUT2D eigenvalue weighted by molar-refractivity contribution is -0.384. The minimum absolute atomic E-state index is 0.0140. The zero-order valence-corrected chi connectivity index (χ0v) is 11.5. The van der Waals surface area contributed by atoms with Crippen LogP contribution in [0.4, 0.5) is 5.69 Å². The van der Waals surface area contributed by atoms with E-state index in [4.69, 9.17) is 5.11 Å². The van der Waals surface area contributed by atoms with E-state index in [2.05, 4.69) is 0 Å². The third kappa shape index (κ3) is 3.07. The number of nitrogens with zero attached hydrogens (tertiary/aromatic N) is 2. The van der Waals surface area contributed by atoms with E-state index in [0.717, 1.165) is 4.57 Å². The summed E-state index contributed by atoms with van der Waals surface area (Å²) >= 11 is 0. The number of benzene rings is 1. The fourth-order valence-corrected chi connectivity index (χ4v) is 2.06. The van der Waals surface area contributed by atoms with Crippen molar-refractivity contribution in [2.45, 2.75) is 13.0 Å². The van der Waals surface area contributed by atoms with Gasteiger partial charge in [0.2, 0.25) is 5.75 Å². The van der Waals surface area contributed by atoms with Crippen molar-refractivity contribution < 1.29 is 20.2 Å². The molecule has 0 aliphatic heterocycles. The van der Waals surface area contributed by atoms with Gasteiger partial charge >= 0.3 is 0 Å². The van der Waals surface area contributed by atoms with Crippen LogP contribution in [0.2, 0.25) is 0 Å². The van der Waals surface area contributed by atoms with E-state index in [1.807, 2.05) is 0 Å². The van der Waals surface area contributed by atoms with E-state index in [-0.39, 0.29) is 30.8 Å². The molecule has 0 radical (unpaired) electrons. The molecule has 2 rings (SSSR count). The number of rotatable bonds is 5. The molecule has 116 valence electrons. The lowest BCUT2D eigenvalue weighted by Crippen LogP contribution is -2.21. The first kappa shape index (κ1) is 15.5. The second-order valence-corrected chi connectivity index (χ2v) is 4.67. The predicted octanol–water partition coefficient (Wildman–Crippen LogP) is 0.751. The second kappa shape index (κ2) is 6.27. The Morgan fingerprint density at radius 3 is 2.32 bits per heavy atom. The van der Waals surface area contributed by atoms with Crippen LogP contribution in [-0.4, -0.2) is 31.4 Å². The SMILES string of the molecule is O=c1c(O)c(O)c(Cc2ccc([N+](=O)[O-])cc2)cn1CCO. The van der Waals surface area contributed by atoms with Crippen molar-refractivity contribution in [3.05, 3.63) is 62.1 Å². The molecule has 0 saturated heterocycles. The highest BCUT2D eigenvalue weighted by Gasteiger charge is 2.15. The van der Waals surface area contributed by atoms with Gasteiger partial charge < -0.3 is 19.9 Å². The normalized spacial score (nSPS) is 10.6. The molecule has 0 bridgehead atoms. The molecule has 0 saturated carbocycles. The van der Waals surface area contributed by atoms with Gasteiger partial charge in [0.15, 0.2) is 5.75 Å². The van der Waals surface area contributed by atoms with Gasteiger partial charge in [-0.1, -0.05) is 12.1 Å². The number of hydrogen-bond acceptors (Lipinski definition) is 6. The van der Waals surface area contributed by atoms with E-state index in [0.29, 0.717) is 5.56 Å². The molecule has 0 fully saturated rings. The van der Waals surface area contributed by atoms with Crippen LogP contribution in [0, 0.1) is 10.1 Å². The van der Waals surface area contributed by atoms with Crippen molar-refractivity contribution >= 4 is 5.69 Å². The molecule has 0 atom stereocenters. The number of nitro benzene ring substituents is 1. The average Bonchev–Trinajstić information content (AvgIpc) is 2.50. The summed E-state index contributed by atoms with van der Waals surface area (Å²) in [6.45, 7) is -0.305. The van der Waals surface area contributed by atoms with Crippen molar-refractivity contribution in [2.75, 3.05) is 6.61 Å². The van der Waals surface area contributed by atoms with Crippen LogP contribution < -0.4 is 5.56 Å². The lowest BCUT2D eigenvalue weighted by atomic mass is 10.1. The predicted molar refractivity (Wildman–Crippen MR) is 77.0 cm³/mol. The molecule has 22 heavy (non-hydrogen) atoms. The van der Waals surface area contributed by atoms with E-state index in [9.17, 15) is 25.1 Å². The molecule has 1 aromatic carbocycles. The van der Waals surface area contributed by atoms with Crippen LogP contribution in [0.1, 0.15) is 11.1 Å².